The van der Waals surface area contributed by atoms with Crippen LogP contribution in [0.3, 0.4) is 0 Å². The summed E-state index contributed by atoms with van der Waals surface area (Å²) in [4.78, 5) is 0. The fourth-order valence-corrected chi connectivity index (χ4v) is 3.69. The van der Waals surface area contributed by atoms with Crippen molar-refractivity contribution in [2.24, 2.45) is 0 Å². The van der Waals surface area contributed by atoms with E-state index in [-0.39, 0.29) is 0 Å². The lowest BCUT2D eigenvalue weighted by Crippen LogP contribution is -1.81. The van der Waals surface area contributed by atoms with Crippen molar-refractivity contribution in [3.63, 3.8) is 0 Å². The maximum atomic E-state index is 5.96. The van der Waals surface area contributed by atoms with Gasteiger partial charge in [0.15, 0.2) is 0 Å². The van der Waals surface area contributed by atoms with Gasteiger partial charge < -0.3 is 4.42 Å². The van der Waals surface area contributed by atoms with Crippen molar-refractivity contribution in [3.05, 3.63) is 121 Å². The number of benzene rings is 4. The molecule has 0 unspecified atom stereocenters. The van der Waals surface area contributed by atoms with Crippen LogP contribution in [0.5, 0.6) is 0 Å². The molecule has 33 heavy (non-hydrogen) atoms. The highest BCUT2D eigenvalue weighted by molar-refractivity contribution is 5.70. The fourth-order valence-electron chi connectivity index (χ4n) is 3.69. The van der Waals surface area contributed by atoms with Gasteiger partial charge in [0.05, 0.1) is 0 Å². The molecule has 0 aliphatic heterocycles. The second-order valence-corrected chi connectivity index (χ2v) is 7.72. The number of hydrogen-bond donors (Lipinski definition) is 0. The summed E-state index contributed by atoms with van der Waals surface area (Å²) in [6.07, 6.45) is 3.68. The predicted molar refractivity (Wildman–Crippen MR) is 136 cm³/mol. The number of hydrogen-bond acceptors (Lipinski definition) is 3. The fraction of sp³-hybridized carbons (Fsp3) is 0. The van der Waals surface area contributed by atoms with Crippen LogP contribution >= 0.6 is 0 Å². The monoisotopic (exact) mass is 426 g/mol. The summed E-state index contributed by atoms with van der Waals surface area (Å²) < 4.78 is 5.96. The number of rotatable bonds is 6. The zero-order chi connectivity index (χ0) is 22.6. The van der Waals surface area contributed by atoms with Crippen LogP contribution in [0.25, 0.3) is 57.3 Å². The molecule has 1 heterocycles. The lowest BCUT2D eigenvalue weighted by molar-refractivity contribution is 0.584. The molecule has 0 fully saturated rings. The van der Waals surface area contributed by atoms with Crippen molar-refractivity contribution in [2.75, 3.05) is 0 Å². The Kier molecular flexibility index (Phi) is 5.52. The average Bonchev–Trinajstić information content (AvgIpc) is 3.39. The SMILES string of the molecule is C=Cc1ccc(-c2ccc(-c3nnc(-c4ccc(-c5ccc(C=C)cc5)cc4)o3)cc2)cc1. The molecule has 158 valence electrons. The largest absolute Gasteiger partial charge is 0.416 e. The molecule has 0 radical (unpaired) electrons. The third-order valence-corrected chi connectivity index (χ3v) is 5.65. The zero-order valence-electron chi connectivity index (χ0n) is 18.1. The van der Waals surface area contributed by atoms with E-state index in [1.54, 1.807) is 0 Å². The van der Waals surface area contributed by atoms with E-state index < -0.39 is 0 Å². The minimum Gasteiger partial charge on any atom is -0.416 e. The second-order valence-electron chi connectivity index (χ2n) is 7.72. The van der Waals surface area contributed by atoms with E-state index in [1.165, 1.54) is 0 Å². The molecule has 5 rings (SSSR count). The molecular weight excluding hydrogens is 404 g/mol. The summed E-state index contributed by atoms with van der Waals surface area (Å²) in [6, 6.07) is 32.9. The second kappa shape index (κ2) is 8.93. The van der Waals surface area contributed by atoms with Crippen LogP contribution in [0.2, 0.25) is 0 Å². The van der Waals surface area contributed by atoms with Gasteiger partial charge in [-0.15, -0.1) is 10.2 Å². The standard InChI is InChI=1S/C30H22N2O/c1-3-21-5-9-23(10-6-21)25-13-17-27(18-14-25)29-31-32-30(33-29)28-19-15-26(16-20-28)24-11-7-22(4-2)8-12-24/h3-20H,1-2H2. The number of aromatic nitrogens is 2. The van der Waals surface area contributed by atoms with Crippen LogP contribution < -0.4 is 0 Å². The van der Waals surface area contributed by atoms with E-state index >= 15 is 0 Å². The van der Waals surface area contributed by atoms with Crippen LogP contribution in [0, 0.1) is 0 Å². The summed E-state index contributed by atoms with van der Waals surface area (Å²) in [7, 11) is 0. The highest BCUT2D eigenvalue weighted by Crippen LogP contribution is 2.28. The van der Waals surface area contributed by atoms with Gasteiger partial charge in [-0.25, -0.2) is 0 Å². The molecule has 0 saturated carbocycles. The van der Waals surface area contributed by atoms with E-state index in [9.17, 15) is 0 Å². The Morgan fingerprint density at radius 3 is 1.00 bits per heavy atom. The van der Waals surface area contributed by atoms with Gasteiger partial charge in [-0.1, -0.05) is 98.1 Å². The molecule has 0 amide bonds. The Morgan fingerprint density at radius 1 is 0.424 bits per heavy atom. The van der Waals surface area contributed by atoms with Crippen molar-refractivity contribution in [1.82, 2.24) is 10.2 Å². The van der Waals surface area contributed by atoms with Gasteiger partial charge in [0.1, 0.15) is 0 Å². The minimum absolute atomic E-state index is 0.502. The Balaban J connectivity index is 1.34. The first-order valence-electron chi connectivity index (χ1n) is 10.7. The quantitative estimate of drug-likeness (QED) is 0.276. The highest BCUT2D eigenvalue weighted by Gasteiger charge is 2.11. The molecule has 0 spiro atoms. The molecule has 0 aliphatic rings. The summed E-state index contributed by atoms with van der Waals surface area (Å²) in [5, 5.41) is 8.50. The lowest BCUT2D eigenvalue weighted by Gasteiger charge is -2.04. The smallest absolute Gasteiger partial charge is 0.248 e. The van der Waals surface area contributed by atoms with E-state index in [2.05, 4.69) is 96.2 Å². The van der Waals surface area contributed by atoms with Gasteiger partial charge in [-0.3, -0.25) is 0 Å². The minimum atomic E-state index is 0.502. The van der Waals surface area contributed by atoms with E-state index in [0.29, 0.717) is 11.8 Å². The molecular formula is C30H22N2O. The van der Waals surface area contributed by atoms with Crippen molar-refractivity contribution in [2.45, 2.75) is 0 Å². The molecule has 0 N–H and O–H groups in total. The van der Waals surface area contributed by atoms with E-state index in [1.807, 2.05) is 36.4 Å². The first kappa shape index (κ1) is 20.4. The van der Waals surface area contributed by atoms with Crippen LogP contribution in [0.1, 0.15) is 11.1 Å². The first-order chi connectivity index (χ1) is 16.2. The third kappa shape index (κ3) is 4.30. The number of nitrogens with zero attached hydrogens (tertiary/aromatic N) is 2. The predicted octanol–water partition coefficient (Wildman–Crippen LogP) is 8.02. The summed E-state index contributed by atoms with van der Waals surface area (Å²) in [5.41, 5.74) is 8.55. The van der Waals surface area contributed by atoms with E-state index in [0.717, 1.165) is 44.5 Å². The van der Waals surface area contributed by atoms with Crippen LogP contribution in [0.15, 0.2) is 115 Å². The Hall–Kier alpha value is -4.50. The average molecular weight is 427 g/mol. The van der Waals surface area contributed by atoms with Gasteiger partial charge in [-0.2, -0.15) is 0 Å². The molecule has 1 aromatic heterocycles. The van der Waals surface area contributed by atoms with Crippen molar-refractivity contribution < 1.29 is 4.42 Å². The van der Waals surface area contributed by atoms with Gasteiger partial charge >= 0.3 is 0 Å². The van der Waals surface area contributed by atoms with Gasteiger partial charge in [0.25, 0.3) is 0 Å². The molecule has 0 bridgehead atoms. The Morgan fingerprint density at radius 2 is 0.697 bits per heavy atom. The van der Waals surface area contributed by atoms with Gasteiger partial charge in [0, 0.05) is 11.1 Å². The van der Waals surface area contributed by atoms with Gasteiger partial charge in [-0.05, 0) is 57.6 Å². The third-order valence-electron chi connectivity index (χ3n) is 5.65. The van der Waals surface area contributed by atoms with Crippen LogP contribution in [0.4, 0.5) is 0 Å². The van der Waals surface area contributed by atoms with E-state index in [4.69, 9.17) is 4.42 Å². The molecule has 3 nitrogen and oxygen atoms in total. The summed E-state index contributed by atoms with van der Waals surface area (Å²) in [5.74, 6) is 1.00. The molecule has 4 aromatic carbocycles. The molecule has 0 saturated heterocycles. The van der Waals surface area contributed by atoms with Crippen molar-refractivity contribution in [1.29, 1.82) is 0 Å². The highest BCUT2D eigenvalue weighted by atomic mass is 16.4. The van der Waals surface area contributed by atoms with Crippen molar-refractivity contribution >= 4 is 12.2 Å². The van der Waals surface area contributed by atoms with Crippen LogP contribution in [-0.4, -0.2) is 10.2 Å². The normalized spacial score (nSPS) is 10.7. The Labute approximate surface area is 193 Å². The first-order valence-corrected chi connectivity index (χ1v) is 10.7. The van der Waals surface area contributed by atoms with Crippen LogP contribution in [-0.2, 0) is 0 Å². The summed E-state index contributed by atoms with van der Waals surface area (Å²) in [6.45, 7) is 7.60. The Bertz CT molecular complexity index is 1280. The lowest BCUT2D eigenvalue weighted by atomic mass is 10.0. The topological polar surface area (TPSA) is 38.9 Å². The summed E-state index contributed by atoms with van der Waals surface area (Å²) >= 11 is 0. The molecule has 5 aromatic rings. The maximum Gasteiger partial charge on any atom is 0.248 e. The van der Waals surface area contributed by atoms with Gasteiger partial charge in [0.2, 0.25) is 11.8 Å². The zero-order valence-corrected chi connectivity index (χ0v) is 18.1. The molecule has 0 atom stereocenters. The molecule has 3 heteroatoms. The maximum absolute atomic E-state index is 5.96. The molecule has 0 aliphatic carbocycles. The van der Waals surface area contributed by atoms with Crippen molar-refractivity contribution in [3.8, 4) is 45.2 Å².